The van der Waals surface area contributed by atoms with Crippen molar-refractivity contribution in [3.8, 4) is 11.6 Å². The maximum absolute atomic E-state index is 13.9. The summed E-state index contributed by atoms with van der Waals surface area (Å²) in [5.41, 5.74) is 0.644. The Balaban J connectivity index is 0.00000420. The Morgan fingerprint density at radius 3 is 2.69 bits per heavy atom. The molecule has 4 rings (SSSR count). The number of hydrogen-bond acceptors (Lipinski definition) is 6. The summed E-state index contributed by atoms with van der Waals surface area (Å²) >= 11 is 6.21. The van der Waals surface area contributed by atoms with Crippen LogP contribution in [0.25, 0.3) is 5.69 Å². The van der Waals surface area contributed by atoms with Crippen LogP contribution in [0.4, 0.5) is 8.78 Å². The third-order valence-electron chi connectivity index (χ3n) is 6.16. The second-order valence-electron chi connectivity index (χ2n) is 8.70. The summed E-state index contributed by atoms with van der Waals surface area (Å²) in [4.78, 5) is 44.2. The molecule has 12 heteroatoms. The van der Waals surface area contributed by atoms with Crippen LogP contribution < -0.4 is 15.6 Å². The van der Waals surface area contributed by atoms with E-state index in [2.05, 4.69) is 10.3 Å². The van der Waals surface area contributed by atoms with E-state index < -0.39 is 29.1 Å². The van der Waals surface area contributed by atoms with Gasteiger partial charge in [0.25, 0.3) is 11.5 Å². The Hall–Kier alpha value is -3.83. The molecule has 1 aliphatic heterocycles. The lowest BCUT2D eigenvalue weighted by molar-refractivity contribution is -0.129. The third-order valence-corrected chi connectivity index (χ3v) is 6.49. The van der Waals surface area contributed by atoms with E-state index in [-0.39, 0.29) is 42.0 Å². The van der Waals surface area contributed by atoms with Crippen LogP contribution in [-0.2, 0) is 16.1 Å². The Morgan fingerprint density at radius 2 is 1.97 bits per heavy atom. The van der Waals surface area contributed by atoms with E-state index in [0.717, 1.165) is 16.7 Å². The van der Waals surface area contributed by atoms with Gasteiger partial charge in [0.15, 0.2) is 5.02 Å². The van der Waals surface area contributed by atoms with Crippen LogP contribution >= 0.6 is 11.6 Å². The number of nitrogens with one attached hydrogen (secondary N) is 1. The number of rotatable bonds is 9. The Bertz CT molecular complexity index is 1430. The number of methoxy groups -OCH3 is 1. The summed E-state index contributed by atoms with van der Waals surface area (Å²) < 4.78 is 38.6. The number of aryl methyl sites for hydroxylation is 1. The standard InChI is InChI=1S/C26H25ClF2N4O5.CH4/c1-15-3-4-16(23(34)31-20-7-8-32(25(20)35)9-10-37-2)11-21(15)33-14-30-24(22(27)26(33)36)38-13-17-5-6-18(28)12-19(17)29;/h3-6,11-12,14,20H,7-10,13H2,1-2H3,(H,31,34);1H4/t20-;/m0./s1. The zero-order valence-electron chi connectivity index (χ0n) is 20.7. The van der Waals surface area contributed by atoms with E-state index in [9.17, 15) is 23.2 Å². The number of aromatic nitrogens is 2. The fourth-order valence-electron chi connectivity index (χ4n) is 4.02. The molecule has 2 heterocycles. The summed E-state index contributed by atoms with van der Waals surface area (Å²) in [5.74, 6) is -2.39. The molecule has 208 valence electrons. The molecule has 1 aliphatic rings. The topological polar surface area (TPSA) is 103 Å². The molecule has 2 amide bonds. The minimum Gasteiger partial charge on any atom is -0.471 e. The highest BCUT2D eigenvalue weighted by atomic mass is 35.5. The fourth-order valence-corrected chi connectivity index (χ4v) is 4.22. The Kier molecular flexibility index (Phi) is 9.76. The van der Waals surface area contributed by atoms with Crippen molar-refractivity contribution in [2.75, 3.05) is 26.8 Å². The quantitative estimate of drug-likeness (QED) is 0.427. The molecule has 0 radical (unpaired) electrons. The van der Waals surface area contributed by atoms with Crippen molar-refractivity contribution in [3.05, 3.63) is 86.4 Å². The van der Waals surface area contributed by atoms with Gasteiger partial charge >= 0.3 is 0 Å². The van der Waals surface area contributed by atoms with Crippen LogP contribution in [0.5, 0.6) is 5.88 Å². The van der Waals surface area contributed by atoms with Crippen molar-refractivity contribution in [1.29, 1.82) is 0 Å². The number of halogens is 3. The van der Waals surface area contributed by atoms with Crippen molar-refractivity contribution < 1.29 is 27.8 Å². The molecule has 2 aromatic carbocycles. The predicted molar refractivity (Wildman–Crippen MR) is 141 cm³/mol. The zero-order chi connectivity index (χ0) is 27.4. The van der Waals surface area contributed by atoms with E-state index in [0.29, 0.717) is 37.4 Å². The summed E-state index contributed by atoms with van der Waals surface area (Å²) in [5, 5.41) is 2.40. The molecule has 1 saturated heterocycles. The van der Waals surface area contributed by atoms with E-state index >= 15 is 0 Å². The summed E-state index contributed by atoms with van der Waals surface area (Å²) in [7, 11) is 1.55. The second kappa shape index (κ2) is 12.8. The number of ether oxygens (including phenoxy) is 2. The molecule has 0 spiro atoms. The first-order valence-electron chi connectivity index (χ1n) is 11.7. The van der Waals surface area contributed by atoms with Gasteiger partial charge in [-0.05, 0) is 43.2 Å². The lowest BCUT2D eigenvalue weighted by Gasteiger charge is -2.17. The van der Waals surface area contributed by atoms with Gasteiger partial charge < -0.3 is 19.7 Å². The van der Waals surface area contributed by atoms with Crippen molar-refractivity contribution in [3.63, 3.8) is 0 Å². The van der Waals surface area contributed by atoms with Crippen LogP contribution in [0.15, 0.2) is 47.5 Å². The van der Waals surface area contributed by atoms with Gasteiger partial charge in [0.05, 0.1) is 12.3 Å². The molecule has 9 nitrogen and oxygen atoms in total. The molecule has 1 atom stereocenters. The van der Waals surface area contributed by atoms with Crippen molar-refractivity contribution in [2.45, 2.75) is 33.4 Å². The van der Waals surface area contributed by atoms with E-state index in [1.54, 1.807) is 31.1 Å². The molecule has 0 unspecified atom stereocenters. The highest BCUT2D eigenvalue weighted by Gasteiger charge is 2.32. The first-order valence-corrected chi connectivity index (χ1v) is 12.1. The molecule has 0 aliphatic carbocycles. The largest absolute Gasteiger partial charge is 0.471 e. The molecular formula is C27H29ClF2N4O5. The Labute approximate surface area is 229 Å². The molecular weight excluding hydrogens is 534 g/mol. The van der Waals surface area contributed by atoms with Crippen molar-refractivity contribution in [1.82, 2.24) is 19.8 Å². The number of amides is 2. The number of hydrogen-bond donors (Lipinski definition) is 1. The number of carbonyl (C=O) groups excluding carboxylic acids is 2. The smallest absolute Gasteiger partial charge is 0.280 e. The first-order chi connectivity index (χ1) is 18.2. The zero-order valence-corrected chi connectivity index (χ0v) is 21.4. The average molecular weight is 563 g/mol. The summed E-state index contributed by atoms with van der Waals surface area (Å²) in [6.07, 6.45) is 1.66. The molecule has 1 aromatic heterocycles. The average Bonchev–Trinajstić information content (AvgIpc) is 3.23. The first kappa shape index (κ1) is 29.7. The highest BCUT2D eigenvalue weighted by molar-refractivity contribution is 6.31. The van der Waals surface area contributed by atoms with Crippen LogP contribution in [0.3, 0.4) is 0 Å². The SMILES string of the molecule is C.COCCN1CC[C@H](NC(=O)c2ccc(C)c(-n3cnc(OCc4ccc(F)cc4F)c(Cl)c3=O)c2)C1=O. The van der Waals surface area contributed by atoms with E-state index in [1.807, 2.05) is 0 Å². The van der Waals surface area contributed by atoms with Crippen LogP contribution in [-0.4, -0.2) is 59.1 Å². The van der Waals surface area contributed by atoms with Crippen LogP contribution in [0, 0.1) is 18.6 Å². The predicted octanol–water partition coefficient (Wildman–Crippen LogP) is 3.66. The van der Waals surface area contributed by atoms with Crippen LogP contribution in [0.1, 0.15) is 35.3 Å². The summed E-state index contributed by atoms with van der Waals surface area (Å²) in [6.45, 7) is 2.80. The van der Waals surface area contributed by atoms with Gasteiger partial charge in [0.1, 0.15) is 30.6 Å². The number of likely N-dealkylation sites (tertiary alicyclic amines) is 1. The third kappa shape index (κ3) is 6.61. The van der Waals surface area contributed by atoms with Crippen LogP contribution in [0.2, 0.25) is 5.02 Å². The number of nitrogens with zero attached hydrogens (tertiary/aromatic N) is 3. The van der Waals surface area contributed by atoms with E-state index in [4.69, 9.17) is 21.1 Å². The minimum absolute atomic E-state index is 0. The fraction of sp³-hybridized carbons (Fsp3) is 0.333. The van der Waals surface area contributed by atoms with Gasteiger partial charge in [-0.3, -0.25) is 19.0 Å². The van der Waals surface area contributed by atoms with Gasteiger partial charge in [0, 0.05) is 37.4 Å². The molecule has 0 bridgehead atoms. The Morgan fingerprint density at radius 1 is 1.21 bits per heavy atom. The van der Waals surface area contributed by atoms with Gasteiger partial charge in [0.2, 0.25) is 11.8 Å². The maximum atomic E-state index is 13.9. The summed E-state index contributed by atoms with van der Waals surface area (Å²) in [6, 6.07) is 7.12. The maximum Gasteiger partial charge on any atom is 0.280 e. The lowest BCUT2D eigenvalue weighted by atomic mass is 10.1. The van der Waals surface area contributed by atoms with Gasteiger partial charge in [-0.15, -0.1) is 0 Å². The van der Waals surface area contributed by atoms with Crippen molar-refractivity contribution in [2.24, 2.45) is 0 Å². The van der Waals surface area contributed by atoms with Gasteiger partial charge in [-0.25, -0.2) is 13.8 Å². The molecule has 0 saturated carbocycles. The highest BCUT2D eigenvalue weighted by Crippen LogP contribution is 2.22. The molecule has 1 N–H and O–H groups in total. The number of benzene rings is 2. The van der Waals surface area contributed by atoms with Gasteiger partial charge in [-0.1, -0.05) is 25.1 Å². The minimum atomic E-state index is -0.804. The monoisotopic (exact) mass is 562 g/mol. The van der Waals surface area contributed by atoms with Gasteiger partial charge in [-0.2, -0.15) is 0 Å². The second-order valence-corrected chi connectivity index (χ2v) is 9.08. The number of carbonyl (C=O) groups is 2. The molecule has 39 heavy (non-hydrogen) atoms. The lowest BCUT2D eigenvalue weighted by Crippen LogP contribution is -2.42. The normalized spacial score (nSPS) is 14.7. The molecule has 3 aromatic rings. The van der Waals surface area contributed by atoms with E-state index in [1.165, 1.54) is 18.5 Å². The van der Waals surface area contributed by atoms with Crippen molar-refractivity contribution >= 4 is 23.4 Å². The molecule has 1 fully saturated rings.